The van der Waals surface area contributed by atoms with Crippen LogP contribution in [0.5, 0.6) is 11.5 Å². The number of pyridine rings is 1. The maximum absolute atomic E-state index is 14.2. The molecule has 0 amide bonds. The third-order valence-corrected chi connectivity index (χ3v) is 3.34. The first kappa shape index (κ1) is 18.7. The Kier molecular flexibility index (Phi) is 7.16. The van der Waals surface area contributed by atoms with E-state index in [0.29, 0.717) is 24.9 Å². The van der Waals surface area contributed by atoms with Gasteiger partial charge in [-0.1, -0.05) is 6.07 Å². The molecular formula is C18H23FN4O2. The SMILES string of the molecule is CN=C(NCc1ccc(Oc2cccnc2)c(F)c1)NC(C)COC. The third-order valence-electron chi connectivity index (χ3n) is 3.34. The van der Waals surface area contributed by atoms with Crippen molar-refractivity contribution in [2.75, 3.05) is 20.8 Å². The molecule has 0 spiro atoms. The van der Waals surface area contributed by atoms with Crippen molar-refractivity contribution < 1.29 is 13.9 Å². The monoisotopic (exact) mass is 346 g/mol. The van der Waals surface area contributed by atoms with Crippen molar-refractivity contribution in [3.05, 3.63) is 54.1 Å². The number of halogens is 1. The first-order chi connectivity index (χ1) is 12.1. The molecule has 1 heterocycles. The van der Waals surface area contributed by atoms with E-state index in [1.165, 1.54) is 12.3 Å². The van der Waals surface area contributed by atoms with Gasteiger partial charge in [0.15, 0.2) is 17.5 Å². The van der Waals surface area contributed by atoms with Crippen LogP contribution in [0.2, 0.25) is 0 Å². The first-order valence-electron chi connectivity index (χ1n) is 7.94. The number of nitrogens with zero attached hydrogens (tertiary/aromatic N) is 2. The lowest BCUT2D eigenvalue weighted by Crippen LogP contribution is -2.43. The van der Waals surface area contributed by atoms with E-state index in [1.54, 1.807) is 44.6 Å². The van der Waals surface area contributed by atoms with Crippen LogP contribution in [0.4, 0.5) is 4.39 Å². The van der Waals surface area contributed by atoms with Gasteiger partial charge >= 0.3 is 0 Å². The van der Waals surface area contributed by atoms with Crippen LogP contribution >= 0.6 is 0 Å². The highest BCUT2D eigenvalue weighted by Crippen LogP contribution is 2.24. The number of benzene rings is 1. The molecule has 2 N–H and O–H groups in total. The van der Waals surface area contributed by atoms with Gasteiger partial charge < -0.3 is 20.1 Å². The standard InChI is InChI=1S/C18H23FN4O2/c1-13(12-24-3)23-18(20-2)22-10-14-6-7-17(16(19)9-14)25-15-5-4-8-21-11-15/h4-9,11,13H,10,12H2,1-3H3,(H2,20,22,23). The van der Waals surface area contributed by atoms with Gasteiger partial charge in [0.25, 0.3) is 0 Å². The normalized spacial score (nSPS) is 12.6. The average molecular weight is 346 g/mol. The van der Waals surface area contributed by atoms with Crippen molar-refractivity contribution in [1.82, 2.24) is 15.6 Å². The van der Waals surface area contributed by atoms with Gasteiger partial charge in [-0.15, -0.1) is 0 Å². The molecule has 7 heteroatoms. The number of ether oxygens (including phenoxy) is 2. The van der Waals surface area contributed by atoms with Crippen molar-refractivity contribution >= 4 is 5.96 Å². The Bertz CT molecular complexity index is 695. The second-order valence-corrected chi connectivity index (χ2v) is 5.48. The molecule has 1 aromatic heterocycles. The minimum Gasteiger partial charge on any atom is -0.453 e. The number of aliphatic imine (C=N–C) groups is 1. The van der Waals surface area contributed by atoms with Gasteiger partial charge in [0.05, 0.1) is 12.8 Å². The van der Waals surface area contributed by atoms with Crippen LogP contribution in [0.3, 0.4) is 0 Å². The van der Waals surface area contributed by atoms with Crippen molar-refractivity contribution in [1.29, 1.82) is 0 Å². The molecule has 0 fully saturated rings. The largest absolute Gasteiger partial charge is 0.453 e. The summed E-state index contributed by atoms with van der Waals surface area (Å²) in [7, 11) is 3.33. The lowest BCUT2D eigenvalue weighted by Gasteiger charge is -2.17. The first-order valence-corrected chi connectivity index (χ1v) is 7.94. The summed E-state index contributed by atoms with van der Waals surface area (Å²) in [6.07, 6.45) is 3.16. The van der Waals surface area contributed by atoms with Gasteiger partial charge in [0.1, 0.15) is 5.75 Å². The molecule has 0 saturated carbocycles. The number of aromatic nitrogens is 1. The highest BCUT2D eigenvalue weighted by molar-refractivity contribution is 5.79. The predicted molar refractivity (Wildman–Crippen MR) is 95.4 cm³/mol. The molecule has 25 heavy (non-hydrogen) atoms. The Balaban J connectivity index is 1.93. The van der Waals surface area contributed by atoms with Crippen molar-refractivity contribution in [3.63, 3.8) is 0 Å². The van der Waals surface area contributed by atoms with Crippen molar-refractivity contribution in [3.8, 4) is 11.5 Å². The van der Waals surface area contributed by atoms with Gasteiger partial charge in [0.2, 0.25) is 0 Å². The number of guanidine groups is 1. The van der Waals surface area contributed by atoms with E-state index in [4.69, 9.17) is 9.47 Å². The van der Waals surface area contributed by atoms with Crippen LogP contribution in [0, 0.1) is 5.82 Å². The van der Waals surface area contributed by atoms with E-state index in [0.717, 1.165) is 5.56 Å². The highest BCUT2D eigenvalue weighted by Gasteiger charge is 2.08. The van der Waals surface area contributed by atoms with Crippen LogP contribution in [0.15, 0.2) is 47.7 Å². The maximum atomic E-state index is 14.2. The Hall–Kier alpha value is -2.67. The molecule has 0 radical (unpaired) electrons. The zero-order valence-corrected chi connectivity index (χ0v) is 14.6. The Morgan fingerprint density at radius 1 is 1.36 bits per heavy atom. The molecule has 2 rings (SSSR count). The smallest absolute Gasteiger partial charge is 0.191 e. The lowest BCUT2D eigenvalue weighted by atomic mass is 10.2. The van der Waals surface area contributed by atoms with Crippen LogP contribution in [-0.2, 0) is 11.3 Å². The molecule has 0 bridgehead atoms. The molecule has 6 nitrogen and oxygen atoms in total. The Morgan fingerprint density at radius 2 is 2.20 bits per heavy atom. The van der Waals surface area contributed by atoms with Gasteiger partial charge in [0, 0.05) is 32.9 Å². The molecule has 1 aromatic carbocycles. The second kappa shape index (κ2) is 9.58. The van der Waals surface area contributed by atoms with E-state index in [1.807, 2.05) is 6.92 Å². The molecule has 0 aliphatic heterocycles. The van der Waals surface area contributed by atoms with Gasteiger partial charge in [-0.3, -0.25) is 9.98 Å². The molecule has 2 aromatic rings. The summed E-state index contributed by atoms with van der Waals surface area (Å²) >= 11 is 0. The van der Waals surface area contributed by atoms with Crippen LogP contribution < -0.4 is 15.4 Å². The summed E-state index contributed by atoms with van der Waals surface area (Å²) in [6, 6.07) is 8.40. The average Bonchev–Trinajstić information content (AvgIpc) is 2.62. The fourth-order valence-corrected chi connectivity index (χ4v) is 2.18. The van der Waals surface area contributed by atoms with Gasteiger partial charge in [-0.25, -0.2) is 4.39 Å². The van der Waals surface area contributed by atoms with Crippen molar-refractivity contribution in [2.45, 2.75) is 19.5 Å². The number of hydrogen-bond acceptors (Lipinski definition) is 4. The number of rotatable bonds is 7. The number of nitrogens with one attached hydrogen (secondary N) is 2. The van der Waals surface area contributed by atoms with Crippen LogP contribution in [0.25, 0.3) is 0 Å². The highest BCUT2D eigenvalue weighted by atomic mass is 19.1. The Morgan fingerprint density at radius 3 is 2.84 bits per heavy atom. The summed E-state index contributed by atoms with van der Waals surface area (Å²) < 4.78 is 24.8. The zero-order valence-electron chi connectivity index (χ0n) is 14.6. The Labute approximate surface area is 147 Å². The van der Waals surface area contributed by atoms with E-state index < -0.39 is 5.82 Å². The minimum absolute atomic E-state index is 0.114. The van der Waals surface area contributed by atoms with Gasteiger partial charge in [-0.05, 0) is 36.8 Å². The molecule has 1 atom stereocenters. The minimum atomic E-state index is -0.432. The van der Waals surface area contributed by atoms with Crippen LogP contribution in [0.1, 0.15) is 12.5 Å². The quantitative estimate of drug-likeness (QED) is 0.596. The maximum Gasteiger partial charge on any atom is 0.191 e. The molecule has 0 saturated heterocycles. The third kappa shape index (κ3) is 6.04. The summed E-state index contributed by atoms with van der Waals surface area (Å²) in [5.74, 6) is 0.844. The predicted octanol–water partition coefficient (Wildman–Crippen LogP) is 2.71. The zero-order chi connectivity index (χ0) is 18.1. The van der Waals surface area contributed by atoms with Gasteiger partial charge in [-0.2, -0.15) is 0 Å². The number of methoxy groups -OCH3 is 1. The second-order valence-electron chi connectivity index (χ2n) is 5.48. The lowest BCUT2D eigenvalue weighted by molar-refractivity contribution is 0.179. The number of hydrogen-bond donors (Lipinski definition) is 2. The molecule has 134 valence electrons. The summed E-state index contributed by atoms with van der Waals surface area (Å²) in [4.78, 5) is 8.07. The van der Waals surface area contributed by atoms with E-state index in [9.17, 15) is 4.39 Å². The van der Waals surface area contributed by atoms with Crippen LogP contribution in [-0.4, -0.2) is 37.7 Å². The fraction of sp³-hybridized carbons (Fsp3) is 0.333. The summed E-state index contributed by atoms with van der Waals surface area (Å²) in [5, 5.41) is 6.32. The fourth-order valence-electron chi connectivity index (χ4n) is 2.18. The molecular weight excluding hydrogens is 323 g/mol. The van der Waals surface area contributed by atoms with E-state index in [2.05, 4.69) is 20.6 Å². The van der Waals surface area contributed by atoms with E-state index in [-0.39, 0.29) is 11.8 Å². The van der Waals surface area contributed by atoms with E-state index >= 15 is 0 Å². The van der Waals surface area contributed by atoms with Crippen molar-refractivity contribution in [2.24, 2.45) is 4.99 Å². The summed E-state index contributed by atoms with van der Waals surface area (Å²) in [6.45, 7) is 2.99. The summed E-state index contributed by atoms with van der Waals surface area (Å²) in [5.41, 5.74) is 0.776. The molecule has 0 aliphatic rings. The molecule has 0 aliphatic carbocycles. The molecule has 1 unspecified atom stereocenters. The topological polar surface area (TPSA) is 67.8 Å².